The minimum absolute atomic E-state index is 0.147. The van der Waals surface area contributed by atoms with Crippen LogP contribution >= 0.6 is 0 Å². The molecule has 0 aliphatic heterocycles. The van der Waals surface area contributed by atoms with Crippen molar-refractivity contribution >= 4 is 5.91 Å². The highest BCUT2D eigenvalue weighted by atomic mass is 16.5. The molecule has 0 fully saturated rings. The average molecular weight is 408 g/mol. The maximum atomic E-state index is 13.1. The van der Waals surface area contributed by atoms with Crippen molar-refractivity contribution in [1.29, 1.82) is 0 Å². The van der Waals surface area contributed by atoms with Gasteiger partial charge in [-0.15, -0.1) is 0 Å². The average Bonchev–Trinajstić information content (AvgIpc) is 3.04. The summed E-state index contributed by atoms with van der Waals surface area (Å²) >= 11 is 0. The summed E-state index contributed by atoms with van der Waals surface area (Å²) in [5.74, 6) is 1.24. The van der Waals surface area contributed by atoms with Gasteiger partial charge in [0.2, 0.25) is 0 Å². The summed E-state index contributed by atoms with van der Waals surface area (Å²) < 4.78 is 13.1. The molecular weight excluding hydrogens is 378 g/mol. The van der Waals surface area contributed by atoms with Crippen molar-refractivity contribution < 1.29 is 14.3 Å². The van der Waals surface area contributed by atoms with Gasteiger partial charge in [-0.1, -0.05) is 24.3 Å². The second-order valence-electron chi connectivity index (χ2n) is 7.06. The molecule has 1 N–H and O–H groups in total. The number of carbonyl (C=O) groups excluding carboxylic acids is 1. The fourth-order valence-electron chi connectivity index (χ4n) is 3.48. The molecule has 1 unspecified atom stereocenters. The number of para-hydroxylation sites is 1. The predicted octanol–water partition coefficient (Wildman–Crippen LogP) is 4.78. The van der Waals surface area contributed by atoms with E-state index >= 15 is 0 Å². The third kappa shape index (κ3) is 4.48. The van der Waals surface area contributed by atoms with Crippen LogP contribution < -0.4 is 14.8 Å². The van der Waals surface area contributed by atoms with Crippen molar-refractivity contribution in [2.24, 2.45) is 0 Å². The first-order chi connectivity index (χ1) is 14.5. The lowest BCUT2D eigenvalue weighted by atomic mass is 10.1. The molecule has 0 bridgehead atoms. The number of aryl methyl sites for hydroxylation is 1. The Kier molecular flexibility index (Phi) is 6.77. The molecule has 1 heterocycles. The zero-order chi connectivity index (χ0) is 21.7. The van der Waals surface area contributed by atoms with E-state index in [9.17, 15) is 4.79 Å². The standard InChI is InChI=1S/C24H29N3O3/c1-6-29-21-14-13-19(15-22(21)30-7-2)16(3)25-24(28)23-17(4)26-27(18(23)5)20-11-9-8-10-12-20/h8-16H,6-7H2,1-5H3,(H,25,28). The Bertz CT molecular complexity index is 1010. The number of nitrogens with one attached hydrogen (secondary N) is 1. The molecule has 158 valence electrons. The summed E-state index contributed by atoms with van der Waals surface area (Å²) in [4.78, 5) is 13.1. The van der Waals surface area contributed by atoms with Gasteiger partial charge in [0.1, 0.15) is 0 Å². The molecule has 2 aromatic carbocycles. The van der Waals surface area contributed by atoms with Crippen LogP contribution in [0.3, 0.4) is 0 Å². The zero-order valence-electron chi connectivity index (χ0n) is 18.2. The molecule has 0 aliphatic carbocycles. The van der Waals surface area contributed by atoms with Crippen molar-refractivity contribution in [1.82, 2.24) is 15.1 Å². The van der Waals surface area contributed by atoms with Gasteiger partial charge in [-0.3, -0.25) is 4.79 Å². The zero-order valence-corrected chi connectivity index (χ0v) is 18.2. The first-order valence-corrected chi connectivity index (χ1v) is 10.3. The Morgan fingerprint density at radius 3 is 2.37 bits per heavy atom. The van der Waals surface area contributed by atoms with Crippen LogP contribution in [0.2, 0.25) is 0 Å². The number of benzene rings is 2. The first-order valence-electron chi connectivity index (χ1n) is 10.3. The molecule has 0 aliphatic rings. The Morgan fingerprint density at radius 2 is 1.70 bits per heavy atom. The second-order valence-corrected chi connectivity index (χ2v) is 7.06. The van der Waals surface area contributed by atoms with E-state index in [0.29, 0.717) is 36.0 Å². The lowest BCUT2D eigenvalue weighted by Gasteiger charge is -2.18. The number of hydrogen-bond donors (Lipinski definition) is 1. The van der Waals surface area contributed by atoms with E-state index in [1.807, 2.05) is 83.1 Å². The van der Waals surface area contributed by atoms with Crippen LogP contribution in [0.4, 0.5) is 0 Å². The van der Waals surface area contributed by atoms with E-state index in [1.165, 1.54) is 0 Å². The summed E-state index contributed by atoms with van der Waals surface area (Å²) in [6, 6.07) is 15.4. The number of ether oxygens (including phenoxy) is 2. The van der Waals surface area contributed by atoms with E-state index in [1.54, 1.807) is 4.68 Å². The Hall–Kier alpha value is -3.28. The summed E-state index contributed by atoms with van der Waals surface area (Å²) in [5, 5.41) is 7.66. The highest BCUT2D eigenvalue weighted by Gasteiger charge is 2.21. The van der Waals surface area contributed by atoms with Crippen molar-refractivity contribution in [2.75, 3.05) is 13.2 Å². The van der Waals surface area contributed by atoms with Gasteiger partial charge in [0.25, 0.3) is 5.91 Å². The number of rotatable bonds is 8. The van der Waals surface area contributed by atoms with Gasteiger partial charge in [-0.2, -0.15) is 5.10 Å². The molecule has 1 atom stereocenters. The number of nitrogens with zero attached hydrogens (tertiary/aromatic N) is 2. The van der Waals surface area contributed by atoms with Crippen LogP contribution in [-0.2, 0) is 0 Å². The fraction of sp³-hybridized carbons (Fsp3) is 0.333. The summed E-state index contributed by atoms with van der Waals surface area (Å²) in [5.41, 5.74) is 3.98. The van der Waals surface area contributed by atoms with Crippen molar-refractivity contribution in [3.63, 3.8) is 0 Å². The van der Waals surface area contributed by atoms with E-state index in [2.05, 4.69) is 10.4 Å². The van der Waals surface area contributed by atoms with Crippen LogP contribution in [0, 0.1) is 13.8 Å². The lowest BCUT2D eigenvalue weighted by molar-refractivity contribution is 0.0938. The van der Waals surface area contributed by atoms with Crippen LogP contribution in [-0.4, -0.2) is 28.9 Å². The fourth-order valence-corrected chi connectivity index (χ4v) is 3.48. The first kappa shape index (κ1) is 21.4. The molecule has 0 saturated carbocycles. The molecule has 1 aromatic heterocycles. The molecule has 0 spiro atoms. The van der Waals surface area contributed by atoms with Gasteiger partial charge in [0, 0.05) is 0 Å². The molecule has 0 saturated heterocycles. The van der Waals surface area contributed by atoms with Crippen LogP contribution in [0.15, 0.2) is 48.5 Å². The summed E-state index contributed by atoms with van der Waals surface area (Å²) in [6.07, 6.45) is 0. The van der Waals surface area contributed by atoms with Gasteiger partial charge in [-0.05, 0) is 64.4 Å². The summed E-state index contributed by atoms with van der Waals surface area (Å²) in [6.45, 7) is 10.7. The minimum atomic E-state index is -0.203. The van der Waals surface area contributed by atoms with Crippen molar-refractivity contribution in [3.05, 3.63) is 71.0 Å². The van der Waals surface area contributed by atoms with Gasteiger partial charge >= 0.3 is 0 Å². The van der Waals surface area contributed by atoms with Gasteiger partial charge in [-0.25, -0.2) is 4.68 Å². The Labute approximate surface area is 177 Å². The summed E-state index contributed by atoms with van der Waals surface area (Å²) in [7, 11) is 0. The van der Waals surface area contributed by atoms with Gasteiger partial charge in [0.15, 0.2) is 11.5 Å². The third-order valence-electron chi connectivity index (χ3n) is 4.93. The van der Waals surface area contributed by atoms with E-state index < -0.39 is 0 Å². The third-order valence-corrected chi connectivity index (χ3v) is 4.93. The molecule has 3 aromatic rings. The molecule has 0 radical (unpaired) electrons. The largest absolute Gasteiger partial charge is 0.490 e. The number of amides is 1. The highest BCUT2D eigenvalue weighted by Crippen LogP contribution is 2.31. The smallest absolute Gasteiger partial charge is 0.255 e. The molecule has 3 rings (SSSR count). The van der Waals surface area contributed by atoms with E-state index in [4.69, 9.17) is 9.47 Å². The molecule has 6 nitrogen and oxygen atoms in total. The maximum Gasteiger partial charge on any atom is 0.255 e. The van der Waals surface area contributed by atoms with Crippen molar-refractivity contribution in [2.45, 2.75) is 40.7 Å². The van der Waals surface area contributed by atoms with Crippen molar-refractivity contribution in [3.8, 4) is 17.2 Å². The van der Waals surface area contributed by atoms with Crippen LogP contribution in [0.1, 0.15) is 54.1 Å². The van der Waals surface area contributed by atoms with E-state index in [-0.39, 0.29) is 11.9 Å². The SMILES string of the molecule is CCOc1ccc(C(C)NC(=O)c2c(C)nn(-c3ccccc3)c2C)cc1OCC. The van der Waals surface area contributed by atoms with Gasteiger partial charge < -0.3 is 14.8 Å². The number of aromatic nitrogens is 2. The molecule has 6 heteroatoms. The maximum absolute atomic E-state index is 13.1. The lowest BCUT2D eigenvalue weighted by Crippen LogP contribution is -2.27. The van der Waals surface area contributed by atoms with Crippen LogP contribution in [0.25, 0.3) is 5.69 Å². The topological polar surface area (TPSA) is 65.4 Å². The highest BCUT2D eigenvalue weighted by molar-refractivity contribution is 5.96. The molecule has 1 amide bonds. The Morgan fingerprint density at radius 1 is 1.03 bits per heavy atom. The minimum Gasteiger partial charge on any atom is -0.490 e. The predicted molar refractivity (Wildman–Crippen MR) is 118 cm³/mol. The number of carbonyl (C=O) groups is 1. The van der Waals surface area contributed by atoms with E-state index in [0.717, 1.165) is 16.9 Å². The monoisotopic (exact) mass is 407 g/mol. The van der Waals surface area contributed by atoms with Crippen LogP contribution in [0.5, 0.6) is 11.5 Å². The normalized spacial score (nSPS) is 11.8. The Balaban J connectivity index is 1.83. The number of hydrogen-bond acceptors (Lipinski definition) is 4. The molecule has 30 heavy (non-hydrogen) atoms. The molecular formula is C24H29N3O3. The quantitative estimate of drug-likeness (QED) is 0.584. The second kappa shape index (κ2) is 9.48. The van der Waals surface area contributed by atoms with Gasteiger partial charge in [0.05, 0.1) is 41.9 Å².